The van der Waals surface area contributed by atoms with E-state index < -0.39 is 0 Å². The SMILES string of the molecule is CCCNC(C1=CCCCCC1)c1ccc(C)cc1F. The van der Waals surface area contributed by atoms with Gasteiger partial charge in [-0.05, 0) is 57.2 Å². The molecule has 1 aromatic carbocycles. The molecule has 0 spiro atoms. The molecule has 0 aliphatic heterocycles. The number of halogens is 1. The Hall–Kier alpha value is -1.15. The Bertz CT molecular complexity index is 464. The molecule has 1 aromatic rings. The molecule has 1 atom stereocenters. The molecule has 0 radical (unpaired) electrons. The largest absolute Gasteiger partial charge is 0.306 e. The number of allylic oxidation sites excluding steroid dienone is 1. The van der Waals surface area contributed by atoms with E-state index in [1.54, 1.807) is 6.07 Å². The van der Waals surface area contributed by atoms with Gasteiger partial charge in [0, 0.05) is 5.56 Å². The van der Waals surface area contributed by atoms with E-state index in [0.717, 1.165) is 36.9 Å². The Kier molecular flexibility index (Phi) is 5.78. The number of rotatable bonds is 5. The van der Waals surface area contributed by atoms with Crippen LogP contribution in [0.2, 0.25) is 0 Å². The van der Waals surface area contributed by atoms with E-state index in [4.69, 9.17) is 0 Å². The van der Waals surface area contributed by atoms with Crippen molar-refractivity contribution in [2.24, 2.45) is 0 Å². The Morgan fingerprint density at radius 1 is 1.25 bits per heavy atom. The van der Waals surface area contributed by atoms with Crippen LogP contribution in [0.1, 0.15) is 62.6 Å². The van der Waals surface area contributed by atoms with Crippen LogP contribution in [-0.2, 0) is 0 Å². The number of aryl methyl sites for hydroxylation is 1. The van der Waals surface area contributed by atoms with Gasteiger partial charge in [0.2, 0.25) is 0 Å². The standard InChI is InChI=1S/C18H26FN/c1-3-12-20-18(15-8-6-4-5-7-9-15)16-11-10-14(2)13-17(16)19/h8,10-11,13,18,20H,3-7,9,12H2,1-2H3. The average molecular weight is 275 g/mol. The van der Waals surface area contributed by atoms with Crippen molar-refractivity contribution in [1.82, 2.24) is 5.32 Å². The maximum atomic E-state index is 14.3. The van der Waals surface area contributed by atoms with Gasteiger partial charge in [0.25, 0.3) is 0 Å². The van der Waals surface area contributed by atoms with E-state index in [-0.39, 0.29) is 11.9 Å². The lowest BCUT2D eigenvalue weighted by atomic mass is 9.94. The molecule has 0 heterocycles. The van der Waals surface area contributed by atoms with Gasteiger partial charge in [0.05, 0.1) is 6.04 Å². The highest BCUT2D eigenvalue weighted by atomic mass is 19.1. The van der Waals surface area contributed by atoms with E-state index in [2.05, 4.69) is 18.3 Å². The summed E-state index contributed by atoms with van der Waals surface area (Å²) >= 11 is 0. The lowest BCUT2D eigenvalue weighted by Gasteiger charge is -2.23. The van der Waals surface area contributed by atoms with Gasteiger partial charge < -0.3 is 5.32 Å². The minimum Gasteiger partial charge on any atom is -0.306 e. The van der Waals surface area contributed by atoms with Crippen LogP contribution in [0.5, 0.6) is 0 Å². The topological polar surface area (TPSA) is 12.0 Å². The summed E-state index contributed by atoms with van der Waals surface area (Å²) in [5.74, 6) is -0.0799. The molecule has 0 amide bonds. The summed E-state index contributed by atoms with van der Waals surface area (Å²) in [7, 11) is 0. The molecule has 0 saturated heterocycles. The molecule has 1 aliphatic carbocycles. The van der Waals surface area contributed by atoms with E-state index in [9.17, 15) is 4.39 Å². The van der Waals surface area contributed by atoms with Gasteiger partial charge in [0.1, 0.15) is 5.82 Å². The van der Waals surface area contributed by atoms with Crippen molar-refractivity contribution >= 4 is 0 Å². The second-order valence-electron chi connectivity index (χ2n) is 5.79. The molecular weight excluding hydrogens is 249 g/mol. The first-order chi connectivity index (χ1) is 9.72. The van der Waals surface area contributed by atoms with Crippen LogP contribution in [0.3, 0.4) is 0 Å². The lowest BCUT2D eigenvalue weighted by molar-refractivity contribution is 0.527. The van der Waals surface area contributed by atoms with Crippen LogP contribution in [0.4, 0.5) is 4.39 Å². The zero-order chi connectivity index (χ0) is 14.4. The molecule has 0 bridgehead atoms. The fourth-order valence-corrected chi connectivity index (χ4v) is 2.90. The normalized spacial score (nSPS) is 17.4. The molecule has 2 heteroatoms. The molecule has 0 saturated carbocycles. The highest BCUT2D eigenvalue weighted by molar-refractivity contribution is 5.32. The summed E-state index contributed by atoms with van der Waals surface area (Å²) in [4.78, 5) is 0. The summed E-state index contributed by atoms with van der Waals surface area (Å²) in [6.07, 6.45) is 9.40. The maximum absolute atomic E-state index is 14.3. The van der Waals surface area contributed by atoms with Crippen LogP contribution >= 0.6 is 0 Å². The summed E-state index contributed by atoms with van der Waals surface area (Å²) in [5.41, 5.74) is 3.16. The van der Waals surface area contributed by atoms with Crippen molar-refractivity contribution in [3.8, 4) is 0 Å². The van der Waals surface area contributed by atoms with Crippen molar-refractivity contribution in [3.63, 3.8) is 0 Å². The van der Waals surface area contributed by atoms with E-state index in [0.29, 0.717) is 0 Å². The highest BCUT2D eigenvalue weighted by Crippen LogP contribution is 2.31. The molecule has 110 valence electrons. The number of benzene rings is 1. The van der Waals surface area contributed by atoms with Gasteiger partial charge in [0.15, 0.2) is 0 Å². The predicted octanol–water partition coefficient (Wildman–Crippen LogP) is 5.07. The zero-order valence-electron chi connectivity index (χ0n) is 12.7. The Morgan fingerprint density at radius 3 is 2.85 bits per heavy atom. The predicted molar refractivity (Wildman–Crippen MR) is 83.3 cm³/mol. The minimum absolute atomic E-state index is 0.0497. The first kappa shape index (κ1) is 15.2. The third-order valence-electron chi connectivity index (χ3n) is 4.01. The molecule has 0 aromatic heterocycles. The van der Waals surface area contributed by atoms with Crippen molar-refractivity contribution in [1.29, 1.82) is 0 Å². The Balaban J connectivity index is 2.28. The van der Waals surface area contributed by atoms with E-state index in [1.165, 1.54) is 24.8 Å². The number of nitrogens with one attached hydrogen (secondary N) is 1. The minimum atomic E-state index is -0.0799. The fraction of sp³-hybridized carbons (Fsp3) is 0.556. The van der Waals surface area contributed by atoms with Crippen LogP contribution < -0.4 is 5.32 Å². The Morgan fingerprint density at radius 2 is 2.10 bits per heavy atom. The molecule has 1 nitrogen and oxygen atoms in total. The molecule has 20 heavy (non-hydrogen) atoms. The molecule has 0 fully saturated rings. The smallest absolute Gasteiger partial charge is 0.128 e. The first-order valence-electron chi connectivity index (χ1n) is 7.90. The van der Waals surface area contributed by atoms with Crippen molar-refractivity contribution in [3.05, 3.63) is 46.8 Å². The zero-order valence-corrected chi connectivity index (χ0v) is 12.7. The van der Waals surface area contributed by atoms with E-state index in [1.807, 2.05) is 19.1 Å². The second kappa shape index (κ2) is 7.58. The van der Waals surface area contributed by atoms with E-state index >= 15 is 0 Å². The summed E-state index contributed by atoms with van der Waals surface area (Å²) < 4.78 is 14.3. The molecular formula is C18H26FN. The van der Waals surface area contributed by atoms with Gasteiger partial charge in [-0.3, -0.25) is 0 Å². The monoisotopic (exact) mass is 275 g/mol. The quantitative estimate of drug-likeness (QED) is 0.740. The summed E-state index contributed by atoms with van der Waals surface area (Å²) in [6, 6.07) is 5.65. The van der Waals surface area contributed by atoms with Crippen molar-refractivity contribution in [2.45, 2.75) is 58.4 Å². The van der Waals surface area contributed by atoms with Gasteiger partial charge in [-0.15, -0.1) is 0 Å². The van der Waals surface area contributed by atoms with Crippen LogP contribution in [0, 0.1) is 12.7 Å². The van der Waals surface area contributed by atoms with Gasteiger partial charge in [-0.25, -0.2) is 4.39 Å². The molecule has 1 N–H and O–H groups in total. The van der Waals surface area contributed by atoms with Gasteiger partial charge in [-0.2, -0.15) is 0 Å². The Labute approximate surface area is 122 Å². The maximum Gasteiger partial charge on any atom is 0.128 e. The lowest BCUT2D eigenvalue weighted by Crippen LogP contribution is -2.25. The first-order valence-corrected chi connectivity index (χ1v) is 7.90. The summed E-state index contributed by atoms with van der Waals surface area (Å²) in [5, 5.41) is 3.54. The van der Waals surface area contributed by atoms with Crippen LogP contribution in [-0.4, -0.2) is 6.54 Å². The number of hydrogen-bond donors (Lipinski definition) is 1. The van der Waals surface area contributed by atoms with Crippen LogP contribution in [0.15, 0.2) is 29.8 Å². The molecule has 2 rings (SSSR count). The highest BCUT2D eigenvalue weighted by Gasteiger charge is 2.20. The van der Waals surface area contributed by atoms with Crippen molar-refractivity contribution in [2.75, 3.05) is 6.54 Å². The molecule has 1 aliphatic rings. The van der Waals surface area contributed by atoms with Gasteiger partial charge >= 0.3 is 0 Å². The molecule has 1 unspecified atom stereocenters. The number of hydrogen-bond acceptors (Lipinski definition) is 1. The fourth-order valence-electron chi connectivity index (χ4n) is 2.90. The van der Waals surface area contributed by atoms with Crippen LogP contribution in [0.25, 0.3) is 0 Å². The average Bonchev–Trinajstić information content (AvgIpc) is 2.70. The second-order valence-corrected chi connectivity index (χ2v) is 5.79. The third-order valence-corrected chi connectivity index (χ3v) is 4.01. The van der Waals surface area contributed by atoms with Crippen molar-refractivity contribution < 1.29 is 4.39 Å². The van der Waals surface area contributed by atoms with Gasteiger partial charge in [-0.1, -0.05) is 37.1 Å². The summed E-state index contributed by atoms with van der Waals surface area (Å²) in [6.45, 7) is 5.01. The third kappa shape index (κ3) is 3.92.